The topological polar surface area (TPSA) is 57.7 Å². The number of benzene rings is 1. The van der Waals surface area contributed by atoms with Gasteiger partial charge in [-0.2, -0.15) is 17.5 Å². The summed E-state index contributed by atoms with van der Waals surface area (Å²) in [6.45, 7) is 2.87. The predicted octanol–water partition coefficient (Wildman–Crippen LogP) is 3.67. The Morgan fingerprint density at radius 1 is 1.25 bits per heavy atom. The van der Waals surface area contributed by atoms with Crippen molar-refractivity contribution in [1.82, 2.24) is 9.21 Å². The van der Waals surface area contributed by atoms with Gasteiger partial charge in [0.25, 0.3) is 0 Å². The van der Waals surface area contributed by atoms with E-state index in [1.54, 1.807) is 11.9 Å². The molecule has 2 rings (SSSR count). The fourth-order valence-corrected chi connectivity index (χ4v) is 4.71. The molecule has 28 heavy (non-hydrogen) atoms. The van der Waals surface area contributed by atoms with Gasteiger partial charge in [0.15, 0.2) is 0 Å². The fourth-order valence-electron chi connectivity index (χ4n) is 3.31. The molecule has 0 heterocycles. The number of hydrogen-bond donors (Lipinski definition) is 0. The Labute approximate surface area is 163 Å². The highest BCUT2D eigenvalue weighted by Crippen LogP contribution is 2.31. The number of alkyl halides is 3. The van der Waals surface area contributed by atoms with Gasteiger partial charge in [0.2, 0.25) is 15.9 Å². The van der Waals surface area contributed by atoms with Crippen LogP contribution in [0.25, 0.3) is 0 Å². The summed E-state index contributed by atoms with van der Waals surface area (Å²) in [4.78, 5) is 13.7. The van der Waals surface area contributed by atoms with Gasteiger partial charge in [-0.05, 0) is 31.0 Å². The first-order valence-electron chi connectivity index (χ1n) is 9.11. The van der Waals surface area contributed by atoms with E-state index in [1.807, 2.05) is 0 Å². The Morgan fingerprint density at radius 2 is 1.89 bits per heavy atom. The highest BCUT2D eigenvalue weighted by atomic mass is 32.2. The van der Waals surface area contributed by atoms with Crippen molar-refractivity contribution in [1.29, 1.82) is 0 Å². The van der Waals surface area contributed by atoms with Crippen molar-refractivity contribution < 1.29 is 26.4 Å². The maximum absolute atomic E-state index is 12.9. The molecule has 1 saturated carbocycles. The van der Waals surface area contributed by atoms with E-state index in [4.69, 9.17) is 0 Å². The average Bonchev–Trinajstić information content (AvgIpc) is 2.67. The van der Waals surface area contributed by atoms with Gasteiger partial charge in [-0.1, -0.05) is 31.4 Å². The van der Waals surface area contributed by atoms with E-state index in [0.29, 0.717) is 6.07 Å². The molecule has 1 aromatic rings. The molecule has 0 atom stereocenters. The van der Waals surface area contributed by atoms with Crippen LogP contribution in [0.2, 0.25) is 0 Å². The zero-order valence-corrected chi connectivity index (χ0v) is 16.6. The van der Waals surface area contributed by atoms with Gasteiger partial charge >= 0.3 is 6.18 Å². The number of carbonyl (C=O) groups is 1. The first-order chi connectivity index (χ1) is 13.1. The second-order valence-corrected chi connectivity index (χ2v) is 8.85. The van der Waals surface area contributed by atoms with Crippen LogP contribution in [0, 0.1) is 0 Å². The van der Waals surface area contributed by atoms with E-state index in [0.717, 1.165) is 54.6 Å². The summed E-state index contributed by atoms with van der Waals surface area (Å²) in [5.41, 5.74) is -1.06. The second kappa shape index (κ2) is 9.09. The number of hydrogen-bond acceptors (Lipinski definition) is 3. The van der Waals surface area contributed by atoms with Gasteiger partial charge < -0.3 is 4.90 Å². The van der Waals surface area contributed by atoms with E-state index < -0.39 is 33.2 Å². The Morgan fingerprint density at radius 3 is 2.46 bits per heavy atom. The standard InChI is InChI=1S/C19H25F3N2O3S/c1-3-12-24(14-18(25)23(2)16-9-5-4-6-10-16)28(26,27)17-11-7-8-15(13-17)19(20,21)22/h3,7-8,11,13,16H,1,4-6,9-10,12,14H2,2H3. The number of likely N-dealkylation sites (N-methyl/N-ethyl adjacent to an activating group) is 1. The fraction of sp³-hybridized carbons (Fsp3) is 0.526. The summed E-state index contributed by atoms with van der Waals surface area (Å²) < 4.78 is 65.4. The minimum Gasteiger partial charge on any atom is -0.342 e. The SMILES string of the molecule is C=CCN(CC(=O)N(C)C1CCCCC1)S(=O)(=O)c1cccc(C(F)(F)F)c1. The molecule has 0 aromatic heterocycles. The molecule has 0 radical (unpaired) electrons. The molecule has 156 valence electrons. The number of halogens is 3. The van der Waals surface area contributed by atoms with Crippen LogP contribution < -0.4 is 0 Å². The molecule has 0 N–H and O–H groups in total. The quantitative estimate of drug-likeness (QED) is 0.635. The highest BCUT2D eigenvalue weighted by molar-refractivity contribution is 7.89. The molecule has 9 heteroatoms. The first-order valence-corrected chi connectivity index (χ1v) is 10.6. The summed E-state index contributed by atoms with van der Waals surface area (Å²) in [6.07, 6.45) is 1.52. The largest absolute Gasteiger partial charge is 0.416 e. The van der Waals surface area contributed by atoms with Crippen molar-refractivity contribution in [2.24, 2.45) is 0 Å². The molecule has 0 unspecified atom stereocenters. The van der Waals surface area contributed by atoms with Crippen LogP contribution in [-0.2, 0) is 21.0 Å². The predicted molar refractivity (Wildman–Crippen MR) is 100 cm³/mol. The Kier molecular flexibility index (Phi) is 7.28. The monoisotopic (exact) mass is 418 g/mol. The lowest BCUT2D eigenvalue weighted by molar-refractivity contribution is -0.137. The maximum atomic E-state index is 12.9. The Bertz CT molecular complexity index is 803. The molecule has 5 nitrogen and oxygen atoms in total. The minimum atomic E-state index is -4.66. The molecule has 0 saturated heterocycles. The highest BCUT2D eigenvalue weighted by Gasteiger charge is 2.34. The van der Waals surface area contributed by atoms with Gasteiger partial charge in [0.1, 0.15) is 0 Å². The van der Waals surface area contributed by atoms with Crippen LogP contribution in [0.5, 0.6) is 0 Å². The molecule has 1 fully saturated rings. The number of sulfonamides is 1. The van der Waals surface area contributed by atoms with Crippen LogP contribution in [0.15, 0.2) is 41.8 Å². The van der Waals surface area contributed by atoms with E-state index in [-0.39, 0.29) is 18.5 Å². The third kappa shape index (κ3) is 5.35. The lowest BCUT2D eigenvalue weighted by Crippen LogP contribution is -2.45. The summed E-state index contributed by atoms with van der Waals surface area (Å²) in [6, 6.07) is 3.58. The van der Waals surface area contributed by atoms with Crippen LogP contribution in [0.3, 0.4) is 0 Å². The summed E-state index contributed by atoms with van der Waals surface area (Å²) in [5.74, 6) is -0.385. The van der Waals surface area contributed by atoms with Crippen molar-refractivity contribution >= 4 is 15.9 Å². The number of rotatable bonds is 7. The smallest absolute Gasteiger partial charge is 0.342 e. The van der Waals surface area contributed by atoms with Crippen molar-refractivity contribution in [3.05, 3.63) is 42.5 Å². The maximum Gasteiger partial charge on any atom is 0.416 e. The van der Waals surface area contributed by atoms with E-state index >= 15 is 0 Å². The average molecular weight is 418 g/mol. The van der Waals surface area contributed by atoms with Gasteiger partial charge in [0, 0.05) is 19.6 Å². The summed E-state index contributed by atoms with van der Waals surface area (Å²) in [5, 5.41) is 0. The molecule has 1 aliphatic rings. The second-order valence-electron chi connectivity index (χ2n) is 6.91. The summed E-state index contributed by atoms with van der Waals surface area (Å²) >= 11 is 0. The van der Waals surface area contributed by atoms with Crippen LogP contribution in [0.4, 0.5) is 13.2 Å². The molecule has 0 aliphatic heterocycles. The van der Waals surface area contributed by atoms with Gasteiger partial charge in [0.05, 0.1) is 17.0 Å². The van der Waals surface area contributed by atoms with Crippen molar-refractivity contribution in [2.45, 2.75) is 49.2 Å². The van der Waals surface area contributed by atoms with Gasteiger partial charge in [-0.25, -0.2) is 8.42 Å². The molecule has 1 aromatic carbocycles. The van der Waals surface area contributed by atoms with Crippen molar-refractivity contribution in [3.63, 3.8) is 0 Å². The molecule has 0 spiro atoms. The Hall–Kier alpha value is -1.87. The van der Waals surface area contributed by atoms with Gasteiger partial charge in [-0.3, -0.25) is 4.79 Å². The molecular formula is C19H25F3N2O3S. The first kappa shape index (κ1) is 22.4. The van der Waals surface area contributed by atoms with Crippen LogP contribution >= 0.6 is 0 Å². The zero-order valence-electron chi connectivity index (χ0n) is 15.8. The molecule has 1 aliphatic carbocycles. The van der Waals surface area contributed by atoms with Crippen LogP contribution in [-0.4, -0.2) is 49.7 Å². The molecular weight excluding hydrogens is 393 g/mol. The van der Waals surface area contributed by atoms with Crippen LogP contribution in [0.1, 0.15) is 37.7 Å². The van der Waals surface area contributed by atoms with E-state index in [1.165, 1.54) is 6.08 Å². The summed E-state index contributed by atoms with van der Waals surface area (Å²) in [7, 11) is -2.65. The van der Waals surface area contributed by atoms with Crippen molar-refractivity contribution in [3.8, 4) is 0 Å². The van der Waals surface area contributed by atoms with Gasteiger partial charge in [-0.15, -0.1) is 6.58 Å². The minimum absolute atomic E-state index is 0.0584. The van der Waals surface area contributed by atoms with Crippen molar-refractivity contribution in [2.75, 3.05) is 20.1 Å². The van der Waals surface area contributed by atoms with E-state index in [9.17, 15) is 26.4 Å². The third-order valence-electron chi connectivity index (χ3n) is 4.96. The Balaban J connectivity index is 2.24. The zero-order chi connectivity index (χ0) is 20.9. The lowest BCUT2D eigenvalue weighted by Gasteiger charge is -2.32. The number of nitrogens with zero attached hydrogens (tertiary/aromatic N) is 2. The molecule has 0 bridgehead atoms. The normalized spacial score (nSPS) is 16.2. The molecule has 1 amide bonds. The lowest BCUT2D eigenvalue weighted by atomic mass is 9.94. The third-order valence-corrected chi connectivity index (χ3v) is 6.77. The number of carbonyl (C=O) groups excluding carboxylic acids is 1. The van der Waals surface area contributed by atoms with E-state index in [2.05, 4.69) is 6.58 Å². The number of amides is 1.